The molecule has 3 aromatic carbocycles. The van der Waals surface area contributed by atoms with Gasteiger partial charge in [-0.25, -0.2) is 9.59 Å². The Morgan fingerprint density at radius 1 is 0.879 bits per heavy atom. The number of para-hydroxylation sites is 2. The second-order valence-electron chi connectivity index (χ2n) is 8.57. The average Bonchev–Trinajstić information content (AvgIpc) is 2.82. The van der Waals surface area contributed by atoms with Crippen LogP contribution in [-0.4, -0.2) is 30.1 Å². The summed E-state index contributed by atoms with van der Waals surface area (Å²) in [6.45, 7) is 6.16. The fourth-order valence-corrected chi connectivity index (χ4v) is 4.01. The normalized spacial score (nSPS) is 13.8. The summed E-state index contributed by atoms with van der Waals surface area (Å²) >= 11 is 0. The number of hydrogen-bond donors (Lipinski definition) is 2. The van der Waals surface area contributed by atoms with Gasteiger partial charge in [-0.1, -0.05) is 68.4 Å². The standard InChI is InChI=1S/C27H30N4O2/c1-20(2)22-13-15-23(16-14-22)28-26(32)29-24-11-6-7-12-25(24)31-18-8-17-30(27(31)33)19-21-9-4-3-5-10-21/h3-7,9-16,20H,8,17-19H2,1-2H3,(H2,28,29,32). The second kappa shape index (κ2) is 10.2. The maximum atomic E-state index is 13.3. The van der Waals surface area contributed by atoms with Crippen LogP contribution in [-0.2, 0) is 6.54 Å². The number of benzene rings is 3. The van der Waals surface area contributed by atoms with E-state index in [2.05, 4.69) is 24.5 Å². The predicted octanol–water partition coefficient (Wildman–Crippen LogP) is 6.29. The number of nitrogens with zero attached hydrogens (tertiary/aromatic N) is 2. The van der Waals surface area contributed by atoms with E-state index in [0.717, 1.165) is 17.7 Å². The van der Waals surface area contributed by atoms with E-state index in [1.54, 1.807) is 4.90 Å². The van der Waals surface area contributed by atoms with Crippen molar-refractivity contribution in [2.75, 3.05) is 28.6 Å². The highest BCUT2D eigenvalue weighted by atomic mass is 16.2. The topological polar surface area (TPSA) is 64.7 Å². The molecular formula is C27H30N4O2. The van der Waals surface area contributed by atoms with Crippen molar-refractivity contribution in [1.29, 1.82) is 0 Å². The molecule has 4 rings (SSSR count). The summed E-state index contributed by atoms with van der Waals surface area (Å²) in [6, 6.07) is 24.9. The molecule has 0 saturated carbocycles. The molecule has 0 radical (unpaired) electrons. The molecule has 2 N–H and O–H groups in total. The molecule has 0 aliphatic carbocycles. The molecule has 0 bridgehead atoms. The molecule has 0 spiro atoms. The lowest BCUT2D eigenvalue weighted by Gasteiger charge is -2.36. The van der Waals surface area contributed by atoms with E-state index in [9.17, 15) is 9.59 Å². The van der Waals surface area contributed by atoms with E-state index in [-0.39, 0.29) is 12.1 Å². The molecular weight excluding hydrogens is 412 g/mol. The smallest absolute Gasteiger partial charge is 0.320 e. The summed E-state index contributed by atoms with van der Waals surface area (Å²) in [6.07, 6.45) is 0.862. The molecule has 0 atom stereocenters. The SMILES string of the molecule is CC(C)c1ccc(NC(=O)Nc2ccccc2N2CCCN(Cc3ccccc3)C2=O)cc1. The Kier molecular flexibility index (Phi) is 6.93. The monoisotopic (exact) mass is 442 g/mol. The van der Waals surface area contributed by atoms with Crippen LogP contribution in [0.2, 0.25) is 0 Å². The van der Waals surface area contributed by atoms with Crippen molar-refractivity contribution < 1.29 is 9.59 Å². The molecule has 6 nitrogen and oxygen atoms in total. The Labute approximate surface area is 195 Å². The molecule has 6 heteroatoms. The van der Waals surface area contributed by atoms with Gasteiger partial charge in [-0.05, 0) is 47.7 Å². The Bertz CT molecular complexity index is 1100. The van der Waals surface area contributed by atoms with Crippen molar-refractivity contribution in [3.8, 4) is 0 Å². The van der Waals surface area contributed by atoms with Crippen molar-refractivity contribution in [2.24, 2.45) is 0 Å². The van der Waals surface area contributed by atoms with Gasteiger partial charge in [0.05, 0.1) is 11.4 Å². The van der Waals surface area contributed by atoms with Crippen LogP contribution in [0, 0.1) is 0 Å². The van der Waals surface area contributed by atoms with Crippen molar-refractivity contribution in [2.45, 2.75) is 32.7 Å². The van der Waals surface area contributed by atoms with E-state index in [0.29, 0.717) is 36.9 Å². The third kappa shape index (κ3) is 5.52. The van der Waals surface area contributed by atoms with Gasteiger partial charge in [-0.2, -0.15) is 0 Å². The van der Waals surface area contributed by atoms with Crippen LogP contribution in [0.25, 0.3) is 0 Å². The van der Waals surface area contributed by atoms with Gasteiger partial charge >= 0.3 is 12.1 Å². The molecule has 1 saturated heterocycles. The van der Waals surface area contributed by atoms with Crippen LogP contribution in [0.15, 0.2) is 78.9 Å². The first-order valence-corrected chi connectivity index (χ1v) is 11.4. The number of carbonyl (C=O) groups is 2. The van der Waals surface area contributed by atoms with E-state index < -0.39 is 0 Å². The summed E-state index contributed by atoms with van der Waals surface area (Å²) in [5.41, 5.74) is 4.34. The first-order chi connectivity index (χ1) is 16.0. The van der Waals surface area contributed by atoms with Gasteiger partial charge < -0.3 is 15.5 Å². The molecule has 1 aliphatic rings. The van der Waals surface area contributed by atoms with Gasteiger partial charge in [-0.3, -0.25) is 4.90 Å². The third-order valence-corrected chi connectivity index (χ3v) is 5.81. The average molecular weight is 443 g/mol. The number of nitrogens with one attached hydrogen (secondary N) is 2. The summed E-state index contributed by atoms with van der Waals surface area (Å²) in [5.74, 6) is 0.434. The zero-order valence-electron chi connectivity index (χ0n) is 19.1. The van der Waals surface area contributed by atoms with Gasteiger partial charge in [0.15, 0.2) is 0 Å². The molecule has 33 heavy (non-hydrogen) atoms. The Morgan fingerprint density at radius 2 is 1.58 bits per heavy atom. The zero-order valence-corrected chi connectivity index (χ0v) is 19.1. The van der Waals surface area contributed by atoms with Crippen molar-refractivity contribution in [1.82, 2.24) is 4.90 Å². The van der Waals surface area contributed by atoms with Crippen LogP contribution in [0.1, 0.15) is 37.3 Å². The highest BCUT2D eigenvalue weighted by Crippen LogP contribution is 2.29. The third-order valence-electron chi connectivity index (χ3n) is 5.81. The predicted molar refractivity (Wildman–Crippen MR) is 134 cm³/mol. The quantitative estimate of drug-likeness (QED) is 0.471. The number of hydrogen-bond acceptors (Lipinski definition) is 2. The van der Waals surface area contributed by atoms with Gasteiger partial charge in [0.2, 0.25) is 0 Å². The van der Waals surface area contributed by atoms with Crippen LogP contribution < -0.4 is 15.5 Å². The molecule has 4 amide bonds. The molecule has 1 fully saturated rings. The maximum Gasteiger partial charge on any atom is 0.324 e. The summed E-state index contributed by atoms with van der Waals surface area (Å²) < 4.78 is 0. The second-order valence-corrected chi connectivity index (χ2v) is 8.57. The number of amides is 4. The van der Waals surface area contributed by atoms with Crippen LogP contribution in [0.5, 0.6) is 0 Å². The molecule has 1 heterocycles. The van der Waals surface area contributed by atoms with E-state index >= 15 is 0 Å². The molecule has 0 unspecified atom stereocenters. The Hall–Kier alpha value is -3.80. The summed E-state index contributed by atoms with van der Waals surface area (Å²) in [4.78, 5) is 29.6. The van der Waals surface area contributed by atoms with Crippen molar-refractivity contribution in [3.05, 3.63) is 90.0 Å². The fourth-order valence-electron chi connectivity index (χ4n) is 4.01. The molecule has 170 valence electrons. The minimum Gasteiger partial charge on any atom is -0.320 e. The van der Waals surface area contributed by atoms with E-state index in [1.165, 1.54) is 5.56 Å². The van der Waals surface area contributed by atoms with Crippen molar-refractivity contribution in [3.63, 3.8) is 0 Å². The maximum absolute atomic E-state index is 13.3. The number of anilines is 3. The van der Waals surface area contributed by atoms with Gasteiger partial charge in [0.1, 0.15) is 0 Å². The lowest BCUT2D eigenvalue weighted by Crippen LogP contribution is -2.49. The minimum absolute atomic E-state index is 0.0518. The zero-order chi connectivity index (χ0) is 23.2. The first-order valence-electron chi connectivity index (χ1n) is 11.4. The fraction of sp³-hybridized carbons (Fsp3) is 0.259. The highest BCUT2D eigenvalue weighted by Gasteiger charge is 2.28. The Balaban J connectivity index is 1.46. The van der Waals surface area contributed by atoms with Crippen LogP contribution >= 0.6 is 0 Å². The highest BCUT2D eigenvalue weighted by molar-refractivity contribution is 6.04. The van der Waals surface area contributed by atoms with E-state index in [4.69, 9.17) is 0 Å². The Morgan fingerprint density at radius 3 is 2.30 bits per heavy atom. The lowest BCUT2D eigenvalue weighted by molar-refractivity contribution is 0.192. The molecule has 0 aromatic heterocycles. The molecule has 1 aliphatic heterocycles. The van der Waals surface area contributed by atoms with Crippen LogP contribution in [0.4, 0.5) is 26.7 Å². The number of urea groups is 2. The minimum atomic E-state index is -0.342. The van der Waals surface area contributed by atoms with Crippen LogP contribution in [0.3, 0.4) is 0 Å². The van der Waals surface area contributed by atoms with Gasteiger partial charge in [0.25, 0.3) is 0 Å². The summed E-state index contributed by atoms with van der Waals surface area (Å²) in [7, 11) is 0. The van der Waals surface area contributed by atoms with Gasteiger partial charge in [-0.15, -0.1) is 0 Å². The summed E-state index contributed by atoms with van der Waals surface area (Å²) in [5, 5.41) is 5.79. The molecule has 3 aromatic rings. The van der Waals surface area contributed by atoms with Crippen molar-refractivity contribution >= 4 is 29.1 Å². The first kappa shape index (κ1) is 22.4. The number of carbonyl (C=O) groups excluding carboxylic acids is 2. The number of rotatable bonds is 6. The lowest BCUT2D eigenvalue weighted by atomic mass is 10.0. The van der Waals surface area contributed by atoms with Gasteiger partial charge in [0, 0.05) is 25.3 Å². The van der Waals surface area contributed by atoms with E-state index in [1.807, 2.05) is 83.8 Å². The largest absolute Gasteiger partial charge is 0.324 e.